The number of carbonyl (C=O) groups is 1. The average Bonchev–Trinajstić information content (AvgIpc) is 3.24. The third-order valence-electron chi connectivity index (χ3n) is 6.66. The van der Waals surface area contributed by atoms with E-state index >= 15 is 0 Å². The van der Waals surface area contributed by atoms with Crippen LogP contribution in [0, 0.1) is 16.7 Å². The first kappa shape index (κ1) is 23.2. The normalized spacial score (nSPS) is 32.1. The van der Waals surface area contributed by atoms with Crippen molar-refractivity contribution >= 4 is 33.5 Å². The number of H-pyrrole nitrogens is 1. The second-order valence-electron chi connectivity index (χ2n) is 8.51. The maximum absolute atomic E-state index is 11.8. The Bertz CT molecular complexity index is 978. The molecular weight excluding hydrogens is 434 g/mol. The summed E-state index contributed by atoms with van der Waals surface area (Å²) in [6.07, 6.45) is 3.50. The van der Waals surface area contributed by atoms with Gasteiger partial charge in [0, 0.05) is 17.9 Å². The van der Waals surface area contributed by atoms with Gasteiger partial charge in [-0.1, -0.05) is 25.6 Å². The van der Waals surface area contributed by atoms with Crippen LogP contribution in [0.3, 0.4) is 0 Å². The van der Waals surface area contributed by atoms with Gasteiger partial charge in [0.25, 0.3) is 0 Å². The summed E-state index contributed by atoms with van der Waals surface area (Å²) >= 11 is 1.41. The van der Waals surface area contributed by atoms with E-state index in [2.05, 4.69) is 4.98 Å². The van der Waals surface area contributed by atoms with Gasteiger partial charge in [-0.2, -0.15) is 14.3 Å². The third kappa shape index (κ3) is 4.28. The van der Waals surface area contributed by atoms with Crippen LogP contribution < -0.4 is 16.0 Å². The van der Waals surface area contributed by atoms with Crippen molar-refractivity contribution in [2.24, 2.45) is 16.7 Å². The van der Waals surface area contributed by atoms with Gasteiger partial charge in [0.05, 0.1) is 29.1 Å². The van der Waals surface area contributed by atoms with Crippen molar-refractivity contribution in [3.8, 4) is 0 Å². The Kier molecular flexibility index (Phi) is 6.36. The number of fused-ring (bicyclic) bond motifs is 2. The number of ether oxygens (including phenoxy) is 1. The molecule has 0 amide bonds. The van der Waals surface area contributed by atoms with E-state index in [0.29, 0.717) is 25.3 Å². The SMILES string of the molecule is CC1(C)[C@H]2CC[C@]1(CS(=O)(=O)[O-])C(=O)C2.Nc1cc[n+]([C@H]2CO[C@@H](CO)S2)c(=O)[nH]1. The van der Waals surface area contributed by atoms with Gasteiger partial charge in [-0.05, 0) is 24.2 Å². The largest absolute Gasteiger partial charge is 0.748 e. The average molecular weight is 462 g/mol. The number of hydrogen-bond acceptors (Lipinski definition) is 9. The molecular formula is C18H27N3O7S2. The Balaban J connectivity index is 0.000000171. The molecule has 1 aliphatic heterocycles. The van der Waals surface area contributed by atoms with E-state index in [4.69, 9.17) is 15.6 Å². The molecule has 168 valence electrons. The van der Waals surface area contributed by atoms with Crippen molar-refractivity contribution in [2.45, 2.75) is 43.9 Å². The van der Waals surface area contributed by atoms with Crippen LogP contribution in [0.25, 0.3) is 0 Å². The molecule has 4 atom stereocenters. The summed E-state index contributed by atoms with van der Waals surface area (Å²) in [7, 11) is -4.33. The van der Waals surface area contributed by atoms with E-state index in [0.717, 1.165) is 6.42 Å². The Hall–Kier alpha value is -1.47. The minimum atomic E-state index is -4.33. The molecule has 2 saturated carbocycles. The topological polar surface area (TPSA) is 166 Å². The predicted octanol–water partition coefficient (Wildman–Crippen LogP) is -0.248. The number of Topliss-reactive ketones (excluding diaryl/α,β-unsaturated/α-hetero) is 1. The summed E-state index contributed by atoms with van der Waals surface area (Å²) in [5.74, 6) is 0.0521. The Morgan fingerprint density at radius 3 is 2.60 bits per heavy atom. The lowest BCUT2D eigenvalue weighted by molar-refractivity contribution is -0.716. The van der Waals surface area contributed by atoms with Gasteiger partial charge in [0.2, 0.25) is 0 Å². The standard InChI is InChI=1S/C10H16O4S.C8H11N3O3S/c1-9(2)7-3-4-10(9,8(11)5-7)6-15(12,13)14;9-5-1-2-11(8(13)10-5)6-4-14-7(3-12)15-6/h7H,3-6H2,1-2H3,(H,12,13,14);1-2,6-7,12H,3-4H2,(H2,9,10,13)/t7-,10-;6-,7-/m01/s1. The highest BCUT2D eigenvalue weighted by atomic mass is 32.2. The van der Waals surface area contributed by atoms with E-state index in [-0.39, 0.29) is 40.2 Å². The fourth-order valence-corrected chi connectivity index (χ4v) is 7.11. The number of aromatic nitrogens is 2. The first-order chi connectivity index (χ1) is 13.9. The zero-order valence-corrected chi connectivity index (χ0v) is 18.5. The Labute approximate surface area is 179 Å². The number of aliphatic hydroxyl groups excluding tert-OH is 1. The van der Waals surface area contributed by atoms with Gasteiger partial charge in [0.1, 0.15) is 17.4 Å². The van der Waals surface area contributed by atoms with Crippen LogP contribution in [-0.2, 0) is 19.6 Å². The number of ketones is 1. The summed E-state index contributed by atoms with van der Waals surface area (Å²) in [4.78, 5) is 25.9. The number of anilines is 1. The molecule has 3 fully saturated rings. The highest BCUT2D eigenvalue weighted by molar-refractivity contribution is 7.99. The molecule has 3 aliphatic rings. The van der Waals surface area contributed by atoms with Crippen molar-refractivity contribution in [2.75, 3.05) is 24.7 Å². The number of aliphatic hydroxyl groups is 1. The molecule has 30 heavy (non-hydrogen) atoms. The first-order valence-corrected chi connectivity index (χ1v) is 12.2. The second-order valence-corrected chi connectivity index (χ2v) is 11.3. The van der Waals surface area contributed by atoms with Crippen LogP contribution in [0.4, 0.5) is 5.82 Å². The summed E-state index contributed by atoms with van der Waals surface area (Å²) in [5, 5.41) is 8.78. The molecule has 4 N–H and O–H groups in total. The zero-order chi connectivity index (χ0) is 22.3. The van der Waals surface area contributed by atoms with Gasteiger partial charge in [-0.25, -0.2) is 8.42 Å². The Morgan fingerprint density at radius 2 is 2.13 bits per heavy atom. The summed E-state index contributed by atoms with van der Waals surface area (Å²) < 4.78 is 39.5. The zero-order valence-electron chi connectivity index (χ0n) is 16.9. The number of rotatable bonds is 4. The number of nitrogens with two attached hydrogens (primary N) is 1. The lowest BCUT2D eigenvalue weighted by Gasteiger charge is -2.37. The molecule has 0 radical (unpaired) electrons. The van der Waals surface area contributed by atoms with Crippen LogP contribution in [0.2, 0.25) is 0 Å². The molecule has 2 aliphatic carbocycles. The van der Waals surface area contributed by atoms with E-state index < -0.39 is 21.3 Å². The fraction of sp³-hybridized carbons (Fsp3) is 0.722. The minimum absolute atomic E-state index is 0.0248. The van der Waals surface area contributed by atoms with Crippen molar-refractivity contribution in [3.63, 3.8) is 0 Å². The van der Waals surface area contributed by atoms with E-state index in [1.165, 1.54) is 16.3 Å². The molecule has 12 heteroatoms. The quantitative estimate of drug-likeness (QED) is 0.405. The van der Waals surface area contributed by atoms with E-state index in [9.17, 15) is 22.6 Å². The molecule has 0 unspecified atom stereocenters. The molecule has 1 saturated heterocycles. The molecule has 2 heterocycles. The maximum atomic E-state index is 11.8. The van der Waals surface area contributed by atoms with Gasteiger partial charge in [-0.15, -0.1) is 0 Å². The van der Waals surface area contributed by atoms with Crippen molar-refractivity contribution in [1.82, 2.24) is 4.98 Å². The number of nitrogen functional groups attached to an aromatic ring is 1. The summed E-state index contributed by atoms with van der Waals surface area (Å²) in [6, 6.07) is 1.62. The second kappa shape index (κ2) is 8.23. The lowest BCUT2D eigenvalue weighted by atomic mass is 9.70. The van der Waals surface area contributed by atoms with Crippen molar-refractivity contribution in [3.05, 3.63) is 22.7 Å². The molecule has 1 aromatic heterocycles. The molecule has 10 nitrogen and oxygen atoms in total. The van der Waals surface area contributed by atoms with Gasteiger partial charge < -0.3 is 20.1 Å². The maximum Gasteiger partial charge on any atom is 0.498 e. The number of carbonyl (C=O) groups excluding carboxylic acids is 1. The van der Waals surface area contributed by atoms with Crippen molar-refractivity contribution in [1.29, 1.82) is 0 Å². The minimum Gasteiger partial charge on any atom is -0.748 e. The fourth-order valence-electron chi connectivity index (χ4n) is 4.78. The van der Waals surface area contributed by atoms with E-state index in [1.807, 2.05) is 13.8 Å². The molecule has 1 aromatic rings. The van der Waals surface area contributed by atoms with Crippen molar-refractivity contribution < 1.29 is 32.2 Å². The number of thioether (sulfide) groups is 1. The monoisotopic (exact) mass is 461 g/mol. The van der Waals surface area contributed by atoms with Crippen LogP contribution in [-0.4, -0.2) is 53.2 Å². The first-order valence-electron chi connectivity index (χ1n) is 9.64. The van der Waals surface area contributed by atoms with Crippen LogP contribution in [0.1, 0.15) is 38.5 Å². The molecule has 0 spiro atoms. The Morgan fingerprint density at radius 1 is 1.43 bits per heavy atom. The number of hydrogen-bond donors (Lipinski definition) is 3. The number of nitrogens with one attached hydrogen (secondary N) is 1. The summed E-state index contributed by atoms with van der Waals surface area (Å²) in [5.41, 5.74) is 3.69. The molecule has 4 rings (SSSR count). The molecule has 0 aromatic carbocycles. The smallest absolute Gasteiger partial charge is 0.498 e. The van der Waals surface area contributed by atoms with Gasteiger partial charge >= 0.3 is 5.69 Å². The van der Waals surface area contributed by atoms with Crippen LogP contribution in [0.5, 0.6) is 0 Å². The third-order valence-corrected chi connectivity index (χ3v) is 8.77. The lowest BCUT2D eigenvalue weighted by Crippen LogP contribution is -2.53. The predicted molar refractivity (Wildman–Crippen MR) is 108 cm³/mol. The molecule has 2 bridgehead atoms. The van der Waals surface area contributed by atoms with Gasteiger partial charge in [-0.3, -0.25) is 4.79 Å². The number of nitrogens with zero attached hydrogens (tertiary/aromatic N) is 1. The highest BCUT2D eigenvalue weighted by Crippen LogP contribution is 2.64. The highest BCUT2D eigenvalue weighted by Gasteiger charge is 2.64. The number of aromatic amines is 1. The van der Waals surface area contributed by atoms with Crippen LogP contribution >= 0.6 is 11.8 Å². The van der Waals surface area contributed by atoms with Crippen LogP contribution in [0.15, 0.2) is 17.1 Å². The van der Waals surface area contributed by atoms with Gasteiger partial charge in [0.15, 0.2) is 11.2 Å². The van der Waals surface area contributed by atoms with E-state index in [1.54, 1.807) is 12.3 Å². The summed E-state index contributed by atoms with van der Waals surface area (Å²) in [6.45, 7) is 4.20.